The molecule has 5 heteroatoms. The molecule has 4 nitrogen and oxygen atoms in total. The van der Waals surface area contributed by atoms with Crippen molar-refractivity contribution in [3.63, 3.8) is 0 Å². The van der Waals surface area contributed by atoms with E-state index >= 15 is 0 Å². The van der Waals surface area contributed by atoms with Gasteiger partial charge in [-0.15, -0.1) is 0 Å². The number of hydrogen-bond donors (Lipinski definition) is 1. The van der Waals surface area contributed by atoms with Crippen LogP contribution < -0.4 is 5.73 Å². The second-order valence-corrected chi connectivity index (χ2v) is 4.22. The number of anilines is 1. The molecule has 0 saturated heterocycles. The van der Waals surface area contributed by atoms with Gasteiger partial charge in [0.25, 0.3) is 5.91 Å². The van der Waals surface area contributed by atoms with E-state index < -0.39 is 0 Å². The van der Waals surface area contributed by atoms with Crippen LogP contribution in [0, 0.1) is 0 Å². The van der Waals surface area contributed by atoms with Crippen LogP contribution in [0.4, 0.5) is 5.69 Å². The van der Waals surface area contributed by atoms with Gasteiger partial charge in [-0.3, -0.25) is 4.79 Å². The molecule has 0 radical (unpaired) electrons. The van der Waals surface area contributed by atoms with E-state index in [4.69, 9.17) is 17.3 Å². The largest absolute Gasteiger partial charge is 0.397 e. The first-order valence-electron chi connectivity index (χ1n) is 5.80. The SMILES string of the molecule is CCCCN(CC)C(=O)c1cc(Cl)ncc1N. The molecule has 1 amide bonds. The van der Waals surface area contributed by atoms with Gasteiger partial charge in [-0.2, -0.15) is 0 Å². The van der Waals surface area contributed by atoms with Crippen molar-refractivity contribution in [3.8, 4) is 0 Å². The monoisotopic (exact) mass is 255 g/mol. The molecule has 0 spiro atoms. The van der Waals surface area contributed by atoms with Gasteiger partial charge in [0.2, 0.25) is 0 Å². The minimum atomic E-state index is -0.0808. The zero-order valence-corrected chi connectivity index (χ0v) is 11.0. The summed E-state index contributed by atoms with van der Waals surface area (Å²) in [7, 11) is 0. The number of pyridine rings is 1. The Morgan fingerprint density at radius 2 is 2.24 bits per heavy atom. The Morgan fingerprint density at radius 1 is 1.53 bits per heavy atom. The van der Waals surface area contributed by atoms with E-state index in [1.165, 1.54) is 12.3 Å². The number of unbranched alkanes of at least 4 members (excludes halogenated alkanes) is 1. The van der Waals surface area contributed by atoms with Crippen LogP contribution in [-0.2, 0) is 0 Å². The molecule has 0 aliphatic heterocycles. The molecule has 0 fully saturated rings. The normalized spacial score (nSPS) is 10.3. The Kier molecular flexibility index (Phi) is 5.22. The smallest absolute Gasteiger partial charge is 0.256 e. The summed E-state index contributed by atoms with van der Waals surface area (Å²) in [5.74, 6) is -0.0808. The Morgan fingerprint density at radius 3 is 2.82 bits per heavy atom. The van der Waals surface area contributed by atoms with Crippen molar-refractivity contribution in [2.75, 3.05) is 18.8 Å². The molecule has 0 atom stereocenters. The topological polar surface area (TPSA) is 59.2 Å². The molecule has 0 aliphatic rings. The van der Waals surface area contributed by atoms with Crippen LogP contribution >= 0.6 is 11.6 Å². The Labute approximate surface area is 107 Å². The van der Waals surface area contributed by atoms with Gasteiger partial charge >= 0.3 is 0 Å². The lowest BCUT2D eigenvalue weighted by Gasteiger charge is -2.21. The average Bonchev–Trinajstić information content (AvgIpc) is 2.33. The maximum atomic E-state index is 12.2. The van der Waals surface area contributed by atoms with E-state index in [1.54, 1.807) is 4.90 Å². The molecular formula is C12H18ClN3O. The molecule has 0 saturated carbocycles. The number of carbonyl (C=O) groups is 1. The minimum Gasteiger partial charge on any atom is -0.397 e. The van der Waals surface area contributed by atoms with E-state index in [1.807, 2.05) is 6.92 Å². The molecule has 17 heavy (non-hydrogen) atoms. The summed E-state index contributed by atoms with van der Waals surface area (Å²) in [6, 6.07) is 1.52. The highest BCUT2D eigenvalue weighted by Gasteiger charge is 2.16. The van der Waals surface area contributed by atoms with E-state index in [0.717, 1.165) is 19.4 Å². The van der Waals surface area contributed by atoms with Crippen molar-refractivity contribution < 1.29 is 4.79 Å². The standard InChI is InChI=1S/C12H18ClN3O/c1-3-5-6-16(4-2)12(17)9-7-11(13)15-8-10(9)14/h7-8H,3-6,14H2,1-2H3. The third-order valence-electron chi connectivity index (χ3n) is 2.58. The van der Waals surface area contributed by atoms with E-state index in [2.05, 4.69) is 11.9 Å². The van der Waals surface area contributed by atoms with Crippen molar-refractivity contribution in [1.29, 1.82) is 0 Å². The van der Waals surface area contributed by atoms with Crippen LogP contribution in [0.2, 0.25) is 5.15 Å². The highest BCUT2D eigenvalue weighted by atomic mass is 35.5. The summed E-state index contributed by atoms with van der Waals surface area (Å²) < 4.78 is 0. The van der Waals surface area contributed by atoms with Crippen molar-refractivity contribution in [1.82, 2.24) is 9.88 Å². The molecule has 1 rings (SSSR count). The lowest BCUT2D eigenvalue weighted by molar-refractivity contribution is 0.0763. The Hall–Kier alpha value is -1.29. The number of amides is 1. The predicted octanol–water partition coefficient (Wildman–Crippen LogP) is 2.58. The number of hydrogen-bond acceptors (Lipinski definition) is 3. The summed E-state index contributed by atoms with van der Waals surface area (Å²) >= 11 is 5.78. The molecule has 0 unspecified atom stereocenters. The average molecular weight is 256 g/mol. The lowest BCUT2D eigenvalue weighted by atomic mass is 10.2. The van der Waals surface area contributed by atoms with Crippen LogP contribution in [0.15, 0.2) is 12.3 Å². The van der Waals surface area contributed by atoms with Crippen molar-refractivity contribution in [2.24, 2.45) is 0 Å². The molecule has 1 aromatic rings. The van der Waals surface area contributed by atoms with Gasteiger partial charge < -0.3 is 10.6 Å². The molecule has 2 N–H and O–H groups in total. The first kappa shape index (κ1) is 13.8. The second kappa shape index (κ2) is 6.45. The van der Waals surface area contributed by atoms with Gasteiger partial charge in [-0.1, -0.05) is 24.9 Å². The van der Waals surface area contributed by atoms with Gasteiger partial charge in [-0.05, 0) is 19.4 Å². The summed E-state index contributed by atoms with van der Waals surface area (Å²) in [4.78, 5) is 17.8. The van der Waals surface area contributed by atoms with Crippen LogP contribution in [0.1, 0.15) is 37.0 Å². The Bertz CT molecular complexity index is 395. The number of nitrogens with two attached hydrogens (primary N) is 1. The zero-order chi connectivity index (χ0) is 12.8. The first-order valence-corrected chi connectivity index (χ1v) is 6.18. The van der Waals surface area contributed by atoms with Crippen molar-refractivity contribution in [2.45, 2.75) is 26.7 Å². The van der Waals surface area contributed by atoms with Crippen molar-refractivity contribution >= 4 is 23.2 Å². The minimum absolute atomic E-state index is 0.0808. The van der Waals surface area contributed by atoms with Gasteiger partial charge in [0, 0.05) is 13.1 Å². The first-order chi connectivity index (χ1) is 8.10. The maximum Gasteiger partial charge on any atom is 0.256 e. The third-order valence-corrected chi connectivity index (χ3v) is 2.79. The number of carbonyl (C=O) groups excluding carboxylic acids is 1. The summed E-state index contributed by atoms with van der Waals surface area (Å²) in [6.07, 6.45) is 3.46. The van der Waals surface area contributed by atoms with Crippen LogP contribution in [0.5, 0.6) is 0 Å². The molecule has 0 bridgehead atoms. The lowest BCUT2D eigenvalue weighted by Crippen LogP contribution is -2.32. The number of nitrogens with zero attached hydrogens (tertiary/aromatic N) is 2. The summed E-state index contributed by atoms with van der Waals surface area (Å²) in [5, 5.41) is 0.286. The molecule has 1 heterocycles. The highest BCUT2D eigenvalue weighted by molar-refractivity contribution is 6.29. The molecular weight excluding hydrogens is 238 g/mol. The van der Waals surface area contributed by atoms with E-state index in [9.17, 15) is 4.79 Å². The Balaban J connectivity index is 2.89. The number of nitrogen functional groups attached to an aromatic ring is 1. The van der Waals surface area contributed by atoms with Crippen LogP contribution in [0.25, 0.3) is 0 Å². The second-order valence-electron chi connectivity index (χ2n) is 3.83. The zero-order valence-electron chi connectivity index (χ0n) is 10.2. The van der Waals surface area contributed by atoms with Crippen LogP contribution in [-0.4, -0.2) is 28.9 Å². The number of halogens is 1. The fraction of sp³-hybridized carbons (Fsp3) is 0.500. The van der Waals surface area contributed by atoms with E-state index in [0.29, 0.717) is 17.8 Å². The predicted molar refractivity (Wildman–Crippen MR) is 70.1 cm³/mol. The summed E-state index contributed by atoms with van der Waals surface area (Å²) in [6.45, 7) is 5.45. The third kappa shape index (κ3) is 3.60. The molecule has 0 aliphatic carbocycles. The van der Waals surface area contributed by atoms with Gasteiger partial charge in [0.05, 0.1) is 17.4 Å². The fourth-order valence-electron chi connectivity index (χ4n) is 1.55. The molecule has 0 aromatic carbocycles. The van der Waals surface area contributed by atoms with Gasteiger partial charge in [0.1, 0.15) is 5.15 Å². The number of rotatable bonds is 5. The summed E-state index contributed by atoms with van der Waals surface area (Å²) in [5.41, 5.74) is 6.55. The fourth-order valence-corrected chi connectivity index (χ4v) is 1.71. The van der Waals surface area contributed by atoms with E-state index in [-0.39, 0.29) is 11.1 Å². The maximum absolute atomic E-state index is 12.2. The van der Waals surface area contributed by atoms with Crippen molar-refractivity contribution in [3.05, 3.63) is 23.0 Å². The quantitative estimate of drug-likeness (QED) is 0.823. The van der Waals surface area contributed by atoms with Crippen LogP contribution in [0.3, 0.4) is 0 Å². The molecule has 1 aromatic heterocycles. The van der Waals surface area contributed by atoms with Gasteiger partial charge in [0.15, 0.2) is 0 Å². The highest BCUT2D eigenvalue weighted by Crippen LogP contribution is 2.17. The van der Waals surface area contributed by atoms with Gasteiger partial charge in [-0.25, -0.2) is 4.98 Å². The number of aromatic nitrogens is 1. The molecule has 94 valence electrons.